The Kier molecular flexibility index (Phi) is 5.85. The van der Waals surface area contributed by atoms with E-state index in [1.165, 1.54) is 17.7 Å². The molecule has 2 rings (SSSR count). The number of hydrogen-bond acceptors (Lipinski definition) is 3. The van der Waals surface area contributed by atoms with Gasteiger partial charge in [0.1, 0.15) is 5.75 Å². The lowest BCUT2D eigenvalue weighted by atomic mass is 10.1. The molecule has 0 radical (unpaired) electrons. The van der Waals surface area contributed by atoms with Crippen LogP contribution in [0.3, 0.4) is 0 Å². The van der Waals surface area contributed by atoms with E-state index in [0.29, 0.717) is 0 Å². The van der Waals surface area contributed by atoms with Crippen molar-refractivity contribution in [2.75, 3.05) is 0 Å². The molecule has 0 aliphatic heterocycles. The molecular formula is C21H20O3. The van der Waals surface area contributed by atoms with Crippen LogP contribution in [0, 0.1) is 13.8 Å². The molecule has 24 heavy (non-hydrogen) atoms. The van der Waals surface area contributed by atoms with Gasteiger partial charge in [-0.3, -0.25) is 9.59 Å². The Hall–Kier alpha value is -2.94. The van der Waals surface area contributed by atoms with Gasteiger partial charge < -0.3 is 5.11 Å². The molecule has 0 saturated heterocycles. The number of aryl methyl sites for hydroxylation is 2. The Labute approximate surface area is 142 Å². The molecule has 3 heteroatoms. The van der Waals surface area contributed by atoms with Crippen molar-refractivity contribution in [3.05, 3.63) is 76.9 Å². The zero-order valence-electron chi connectivity index (χ0n) is 13.8. The maximum atomic E-state index is 11.9. The molecule has 3 nitrogen and oxygen atoms in total. The Morgan fingerprint density at radius 1 is 0.833 bits per heavy atom. The molecule has 1 N–H and O–H groups in total. The zero-order chi connectivity index (χ0) is 17.5. The van der Waals surface area contributed by atoms with Crippen molar-refractivity contribution in [3.63, 3.8) is 0 Å². The minimum Gasteiger partial charge on any atom is -0.508 e. The Balaban J connectivity index is 1.91. The molecule has 0 amide bonds. The summed E-state index contributed by atoms with van der Waals surface area (Å²) in [5.41, 5.74) is 4.10. The highest BCUT2D eigenvalue weighted by atomic mass is 16.3. The summed E-state index contributed by atoms with van der Waals surface area (Å²) in [7, 11) is 0. The number of carbonyl (C=O) groups excluding carboxylic acids is 2. The van der Waals surface area contributed by atoms with Gasteiger partial charge in [0.2, 0.25) is 0 Å². The van der Waals surface area contributed by atoms with Crippen LogP contribution in [0.2, 0.25) is 0 Å². The van der Waals surface area contributed by atoms with E-state index in [2.05, 4.69) is 0 Å². The second-order valence-electron chi connectivity index (χ2n) is 5.71. The lowest BCUT2D eigenvalue weighted by Gasteiger charge is -2.00. The molecule has 0 saturated carbocycles. The summed E-state index contributed by atoms with van der Waals surface area (Å²) in [4.78, 5) is 23.7. The molecule has 0 fully saturated rings. The minimum atomic E-state index is -0.252. The van der Waals surface area contributed by atoms with Crippen LogP contribution in [-0.2, 0) is 9.59 Å². The molecule has 0 spiro atoms. The van der Waals surface area contributed by atoms with Crippen LogP contribution >= 0.6 is 0 Å². The van der Waals surface area contributed by atoms with E-state index >= 15 is 0 Å². The first-order valence-electron chi connectivity index (χ1n) is 7.72. The quantitative estimate of drug-likeness (QED) is 0.639. The molecule has 0 aromatic heterocycles. The largest absolute Gasteiger partial charge is 0.508 e. The maximum absolute atomic E-state index is 11.9. The monoisotopic (exact) mass is 320 g/mol. The van der Waals surface area contributed by atoms with Gasteiger partial charge in [0.05, 0.1) is 6.42 Å². The number of allylic oxidation sites excluding steroid dienone is 2. The summed E-state index contributed by atoms with van der Waals surface area (Å²) >= 11 is 0. The highest BCUT2D eigenvalue weighted by molar-refractivity contribution is 6.10. The Morgan fingerprint density at radius 2 is 1.38 bits per heavy atom. The summed E-state index contributed by atoms with van der Waals surface area (Å²) in [6, 6.07) is 12.4. The zero-order valence-corrected chi connectivity index (χ0v) is 13.8. The van der Waals surface area contributed by atoms with Crippen molar-refractivity contribution in [2.45, 2.75) is 20.3 Å². The van der Waals surface area contributed by atoms with Crippen LogP contribution in [0.5, 0.6) is 5.75 Å². The topological polar surface area (TPSA) is 54.4 Å². The normalized spacial score (nSPS) is 11.2. The summed E-state index contributed by atoms with van der Waals surface area (Å²) in [6.45, 7) is 4.05. The molecule has 0 heterocycles. The summed E-state index contributed by atoms with van der Waals surface area (Å²) in [5.74, 6) is -0.309. The minimum absolute atomic E-state index is 0.157. The van der Waals surface area contributed by atoms with Gasteiger partial charge in [0.25, 0.3) is 0 Å². The number of ketones is 2. The van der Waals surface area contributed by atoms with E-state index in [4.69, 9.17) is 0 Å². The maximum Gasteiger partial charge on any atom is 0.163 e. The first-order valence-corrected chi connectivity index (χ1v) is 7.72. The van der Waals surface area contributed by atoms with Crippen LogP contribution in [0.25, 0.3) is 12.2 Å². The van der Waals surface area contributed by atoms with Crippen molar-refractivity contribution in [2.24, 2.45) is 0 Å². The smallest absolute Gasteiger partial charge is 0.163 e. The predicted octanol–water partition coefficient (Wildman–Crippen LogP) is 4.26. The second-order valence-corrected chi connectivity index (χ2v) is 5.71. The number of phenols is 1. The number of phenolic OH excluding ortho intramolecular Hbond substituents is 1. The first kappa shape index (κ1) is 17.4. The third-order valence-corrected chi connectivity index (χ3v) is 3.70. The number of rotatable bonds is 6. The molecule has 0 atom stereocenters. The third kappa shape index (κ3) is 5.36. The lowest BCUT2D eigenvalue weighted by molar-refractivity contribution is -0.121. The van der Waals surface area contributed by atoms with Gasteiger partial charge in [-0.2, -0.15) is 0 Å². The average molecular weight is 320 g/mol. The number of hydrogen-bond donors (Lipinski definition) is 1. The fraction of sp³-hybridized carbons (Fsp3) is 0.143. The van der Waals surface area contributed by atoms with Crippen LogP contribution in [0.4, 0.5) is 0 Å². The van der Waals surface area contributed by atoms with Crippen LogP contribution in [0.15, 0.2) is 54.6 Å². The lowest BCUT2D eigenvalue weighted by Crippen LogP contribution is -2.01. The van der Waals surface area contributed by atoms with Gasteiger partial charge in [-0.05, 0) is 60.4 Å². The van der Waals surface area contributed by atoms with Crippen molar-refractivity contribution in [1.82, 2.24) is 0 Å². The molecule has 0 aliphatic carbocycles. The van der Waals surface area contributed by atoms with Gasteiger partial charge in [0.15, 0.2) is 11.6 Å². The van der Waals surface area contributed by atoms with E-state index < -0.39 is 0 Å². The number of benzene rings is 2. The van der Waals surface area contributed by atoms with Crippen LogP contribution < -0.4 is 0 Å². The average Bonchev–Trinajstić information content (AvgIpc) is 2.55. The van der Waals surface area contributed by atoms with Gasteiger partial charge in [-0.15, -0.1) is 0 Å². The van der Waals surface area contributed by atoms with Crippen molar-refractivity contribution in [1.29, 1.82) is 0 Å². The van der Waals surface area contributed by atoms with Crippen LogP contribution in [0.1, 0.15) is 28.7 Å². The Bertz CT molecular complexity index is 796. The van der Waals surface area contributed by atoms with Gasteiger partial charge in [0, 0.05) is 0 Å². The number of aromatic hydroxyl groups is 1. The second kappa shape index (κ2) is 8.06. The van der Waals surface area contributed by atoms with Crippen molar-refractivity contribution >= 4 is 23.7 Å². The summed E-state index contributed by atoms with van der Waals surface area (Å²) in [5, 5.41) is 9.20. The SMILES string of the molecule is Cc1ccc(C=CC(=O)CC(=O)C=Cc2ccc(O)cc2)cc1C. The molecule has 2 aromatic carbocycles. The van der Waals surface area contributed by atoms with E-state index in [9.17, 15) is 14.7 Å². The Morgan fingerprint density at radius 3 is 1.96 bits per heavy atom. The van der Waals surface area contributed by atoms with Crippen molar-refractivity contribution in [3.8, 4) is 5.75 Å². The van der Waals surface area contributed by atoms with Crippen molar-refractivity contribution < 1.29 is 14.7 Å². The summed E-state index contributed by atoms with van der Waals surface area (Å²) < 4.78 is 0. The molecule has 0 bridgehead atoms. The fourth-order valence-electron chi connectivity index (χ4n) is 2.12. The van der Waals surface area contributed by atoms with E-state index in [0.717, 1.165) is 16.7 Å². The van der Waals surface area contributed by atoms with E-state index in [1.807, 2.05) is 32.0 Å². The first-order chi connectivity index (χ1) is 11.4. The highest BCUT2D eigenvalue weighted by Gasteiger charge is 2.03. The number of carbonyl (C=O) groups is 2. The summed E-state index contributed by atoms with van der Waals surface area (Å²) in [6.07, 6.45) is 6.02. The molecule has 2 aromatic rings. The standard InChI is InChI=1S/C21H20O3/c1-15-3-4-18(13-16(15)2)8-12-21(24)14-20(23)11-7-17-5-9-19(22)10-6-17/h3-13,22H,14H2,1-2H3. The van der Waals surface area contributed by atoms with Crippen LogP contribution in [-0.4, -0.2) is 16.7 Å². The van der Waals surface area contributed by atoms with Gasteiger partial charge >= 0.3 is 0 Å². The highest BCUT2D eigenvalue weighted by Crippen LogP contribution is 2.12. The van der Waals surface area contributed by atoms with Gasteiger partial charge in [-0.1, -0.05) is 42.5 Å². The van der Waals surface area contributed by atoms with E-state index in [-0.39, 0.29) is 23.7 Å². The third-order valence-electron chi connectivity index (χ3n) is 3.70. The molecule has 0 aliphatic rings. The van der Waals surface area contributed by atoms with E-state index in [1.54, 1.807) is 36.4 Å². The fourth-order valence-corrected chi connectivity index (χ4v) is 2.12. The molecular weight excluding hydrogens is 300 g/mol. The van der Waals surface area contributed by atoms with Gasteiger partial charge in [-0.25, -0.2) is 0 Å². The predicted molar refractivity (Wildman–Crippen MR) is 96.7 cm³/mol. The molecule has 122 valence electrons. The molecule has 0 unspecified atom stereocenters.